The summed E-state index contributed by atoms with van der Waals surface area (Å²) in [5.41, 5.74) is 1.90. The second-order valence-electron chi connectivity index (χ2n) is 5.17. The van der Waals surface area contributed by atoms with Crippen molar-refractivity contribution in [3.05, 3.63) is 23.3 Å². The Hall–Kier alpha value is -1.21. The Morgan fingerprint density at radius 2 is 2.15 bits per heavy atom. The van der Waals surface area contributed by atoms with Gasteiger partial charge in [0.2, 0.25) is 0 Å². The van der Waals surface area contributed by atoms with E-state index in [4.69, 9.17) is 9.47 Å². The maximum Gasteiger partial charge on any atom is 0.164 e. The molecule has 1 aliphatic carbocycles. The summed E-state index contributed by atoms with van der Waals surface area (Å²) in [5.74, 6) is 1.55. The van der Waals surface area contributed by atoms with Gasteiger partial charge in [-0.2, -0.15) is 5.26 Å². The van der Waals surface area contributed by atoms with E-state index in [0.717, 1.165) is 60.1 Å². The van der Waals surface area contributed by atoms with Gasteiger partial charge < -0.3 is 9.47 Å². The lowest BCUT2D eigenvalue weighted by Crippen LogP contribution is -2.30. The average molecular weight is 338 g/mol. The predicted octanol–water partition coefficient (Wildman–Crippen LogP) is 3.98. The van der Waals surface area contributed by atoms with E-state index in [1.54, 1.807) is 14.2 Å². The molecule has 1 aliphatic rings. The molecule has 0 aliphatic heterocycles. The van der Waals surface area contributed by atoms with Gasteiger partial charge in [-0.3, -0.25) is 0 Å². The van der Waals surface area contributed by atoms with E-state index in [-0.39, 0.29) is 5.41 Å². The summed E-state index contributed by atoms with van der Waals surface area (Å²) in [5, 5.41) is 10.7. The average Bonchev–Trinajstić information content (AvgIpc) is 2.51. The SMILES string of the molecule is COc1ccc2c(c1OC)CCCC2(C#N)CCCBr. The van der Waals surface area contributed by atoms with Crippen LogP contribution in [0.3, 0.4) is 0 Å². The van der Waals surface area contributed by atoms with Gasteiger partial charge in [-0.1, -0.05) is 22.0 Å². The summed E-state index contributed by atoms with van der Waals surface area (Å²) in [7, 11) is 3.31. The fraction of sp³-hybridized carbons (Fsp3) is 0.562. The Morgan fingerprint density at radius 1 is 1.35 bits per heavy atom. The molecular formula is C16H20BrNO2. The molecule has 0 heterocycles. The minimum atomic E-state index is -0.374. The van der Waals surface area contributed by atoms with E-state index in [2.05, 4.69) is 22.0 Å². The van der Waals surface area contributed by atoms with Gasteiger partial charge in [0, 0.05) is 10.9 Å². The second-order valence-corrected chi connectivity index (χ2v) is 5.96. The Bertz CT molecular complexity index is 524. The molecule has 1 aromatic rings. The summed E-state index contributed by atoms with van der Waals surface area (Å²) in [6, 6.07) is 6.55. The van der Waals surface area contributed by atoms with Crippen molar-refractivity contribution in [2.24, 2.45) is 0 Å². The van der Waals surface area contributed by atoms with Crippen LogP contribution in [0, 0.1) is 11.3 Å². The molecule has 1 aromatic carbocycles. The van der Waals surface area contributed by atoms with Crippen molar-refractivity contribution in [2.45, 2.75) is 37.5 Å². The molecule has 0 radical (unpaired) electrons. The second kappa shape index (κ2) is 6.49. The third-order valence-electron chi connectivity index (χ3n) is 4.15. The molecule has 0 aromatic heterocycles. The Balaban J connectivity index is 2.53. The molecule has 1 unspecified atom stereocenters. The number of fused-ring (bicyclic) bond motifs is 1. The number of benzene rings is 1. The molecule has 1 atom stereocenters. The van der Waals surface area contributed by atoms with Crippen molar-refractivity contribution >= 4 is 15.9 Å². The normalized spacial score (nSPS) is 20.9. The molecule has 20 heavy (non-hydrogen) atoms. The highest BCUT2D eigenvalue weighted by atomic mass is 79.9. The third kappa shape index (κ3) is 2.52. The van der Waals surface area contributed by atoms with Crippen LogP contribution in [0.4, 0.5) is 0 Å². The van der Waals surface area contributed by atoms with Gasteiger partial charge in [0.15, 0.2) is 11.5 Å². The van der Waals surface area contributed by atoms with E-state index >= 15 is 0 Å². The van der Waals surface area contributed by atoms with Gasteiger partial charge in [0.25, 0.3) is 0 Å². The van der Waals surface area contributed by atoms with Gasteiger partial charge in [0.05, 0.1) is 25.7 Å². The molecular weight excluding hydrogens is 318 g/mol. The number of halogens is 1. The first-order valence-corrected chi connectivity index (χ1v) is 8.06. The summed E-state index contributed by atoms with van der Waals surface area (Å²) in [4.78, 5) is 0. The lowest BCUT2D eigenvalue weighted by molar-refractivity contribution is 0.342. The van der Waals surface area contributed by atoms with E-state index < -0.39 is 0 Å². The molecule has 0 N–H and O–H groups in total. The number of alkyl halides is 1. The number of nitriles is 1. The standard InChI is InChI=1S/C16H20BrNO2/c1-19-14-7-6-13-12(15(14)20-2)5-3-8-16(13,11-18)9-4-10-17/h6-7H,3-5,8-10H2,1-2H3. The van der Waals surface area contributed by atoms with Crippen LogP contribution in [-0.2, 0) is 11.8 Å². The Kier molecular flexibility index (Phi) is 4.93. The molecule has 108 valence electrons. The molecule has 0 amide bonds. The zero-order valence-electron chi connectivity index (χ0n) is 12.0. The predicted molar refractivity (Wildman–Crippen MR) is 82.8 cm³/mol. The molecule has 3 nitrogen and oxygen atoms in total. The van der Waals surface area contributed by atoms with Crippen LogP contribution in [0.5, 0.6) is 11.5 Å². The lowest BCUT2D eigenvalue weighted by atomic mass is 9.68. The topological polar surface area (TPSA) is 42.2 Å². The highest BCUT2D eigenvalue weighted by molar-refractivity contribution is 9.09. The molecule has 2 rings (SSSR count). The van der Waals surface area contributed by atoms with Gasteiger partial charge in [0.1, 0.15) is 0 Å². The number of nitrogens with zero attached hydrogens (tertiary/aromatic N) is 1. The zero-order valence-corrected chi connectivity index (χ0v) is 13.6. The molecule has 0 bridgehead atoms. The van der Waals surface area contributed by atoms with Crippen molar-refractivity contribution in [3.63, 3.8) is 0 Å². The fourth-order valence-corrected chi connectivity index (χ4v) is 3.47. The van der Waals surface area contributed by atoms with Gasteiger partial charge in [-0.05, 0) is 43.7 Å². The van der Waals surface area contributed by atoms with Crippen LogP contribution < -0.4 is 9.47 Å². The minimum Gasteiger partial charge on any atom is -0.493 e. The molecule has 4 heteroatoms. The number of methoxy groups -OCH3 is 2. The van der Waals surface area contributed by atoms with Gasteiger partial charge in [-0.15, -0.1) is 0 Å². The summed E-state index contributed by atoms with van der Waals surface area (Å²) in [6.45, 7) is 0. The van der Waals surface area contributed by atoms with E-state index in [0.29, 0.717) is 0 Å². The molecule has 0 saturated heterocycles. The highest BCUT2D eigenvalue weighted by Gasteiger charge is 2.38. The number of hydrogen-bond acceptors (Lipinski definition) is 3. The largest absolute Gasteiger partial charge is 0.493 e. The van der Waals surface area contributed by atoms with Crippen LogP contribution in [-0.4, -0.2) is 19.5 Å². The van der Waals surface area contributed by atoms with Crippen LogP contribution >= 0.6 is 15.9 Å². The number of ether oxygens (including phenoxy) is 2. The van der Waals surface area contributed by atoms with Crippen molar-refractivity contribution in [1.29, 1.82) is 5.26 Å². The zero-order chi connectivity index (χ0) is 14.6. The smallest absolute Gasteiger partial charge is 0.164 e. The van der Waals surface area contributed by atoms with E-state index in [1.165, 1.54) is 0 Å². The Morgan fingerprint density at radius 3 is 2.75 bits per heavy atom. The van der Waals surface area contributed by atoms with Crippen molar-refractivity contribution in [2.75, 3.05) is 19.5 Å². The Labute approximate surface area is 129 Å². The lowest BCUT2D eigenvalue weighted by Gasteiger charge is -2.34. The quantitative estimate of drug-likeness (QED) is 0.763. The van der Waals surface area contributed by atoms with Crippen molar-refractivity contribution < 1.29 is 9.47 Å². The third-order valence-corrected chi connectivity index (χ3v) is 4.71. The van der Waals surface area contributed by atoms with E-state index in [1.807, 2.05) is 12.1 Å². The monoisotopic (exact) mass is 337 g/mol. The first-order chi connectivity index (χ1) is 9.72. The van der Waals surface area contributed by atoms with Gasteiger partial charge in [-0.25, -0.2) is 0 Å². The highest BCUT2D eigenvalue weighted by Crippen LogP contribution is 2.46. The van der Waals surface area contributed by atoms with Crippen LogP contribution in [0.15, 0.2) is 12.1 Å². The van der Waals surface area contributed by atoms with E-state index in [9.17, 15) is 5.26 Å². The minimum absolute atomic E-state index is 0.374. The van der Waals surface area contributed by atoms with Crippen molar-refractivity contribution in [1.82, 2.24) is 0 Å². The summed E-state index contributed by atoms with van der Waals surface area (Å²) >= 11 is 3.47. The maximum atomic E-state index is 9.77. The number of rotatable bonds is 5. The van der Waals surface area contributed by atoms with Crippen LogP contribution in [0.1, 0.15) is 36.8 Å². The maximum absolute atomic E-state index is 9.77. The first-order valence-electron chi connectivity index (χ1n) is 6.94. The van der Waals surface area contributed by atoms with Crippen LogP contribution in [0.2, 0.25) is 0 Å². The van der Waals surface area contributed by atoms with Gasteiger partial charge >= 0.3 is 0 Å². The summed E-state index contributed by atoms with van der Waals surface area (Å²) < 4.78 is 10.9. The van der Waals surface area contributed by atoms with Crippen molar-refractivity contribution in [3.8, 4) is 17.6 Å². The number of hydrogen-bond donors (Lipinski definition) is 0. The fourth-order valence-electron chi connectivity index (χ4n) is 3.19. The molecule has 0 fully saturated rings. The summed E-state index contributed by atoms with van der Waals surface area (Å²) in [6.07, 6.45) is 4.79. The van der Waals surface area contributed by atoms with Crippen LogP contribution in [0.25, 0.3) is 0 Å². The molecule has 0 spiro atoms. The first kappa shape index (κ1) is 15.2. The molecule has 0 saturated carbocycles.